The number of hydrogen-bond donors (Lipinski definition) is 1. The van der Waals surface area contributed by atoms with Crippen LogP contribution in [0.15, 0.2) is 60.7 Å². The maximum absolute atomic E-state index is 13.1. The largest absolute Gasteiger partial charge is 0.463 e. The van der Waals surface area contributed by atoms with Gasteiger partial charge in [-0.3, -0.25) is 9.69 Å². The van der Waals surface area contributed by atoms with Crippen molar-refractivity contribution in [2.75, 3.05) is 36.5 Å². The molecule has 1 atom stereocenters. The molecule has 0 saturated carbocycles. The topological polar surface area (TPSA) is 58.6 Å². The average molecular weight is 411 g/mol. The number of ether oxygens (including phenoxy) is 1. The fourth-order valence-electron chi connectivity index (χ4n) is 3.24. The van der Waals surface area contributed by atoms with Crippen LogP contribution < -0.4 is 5.32 Å². The van der Waals surface area contributed by atoms with Gasteiger partial charge in [0.1, 0.15) is 6.04 Å². The Morgan fingerprint density at radius 3 is 2.45 bits per heavy atom. The van der Waals surface area contributed by atoms with Gasteiger partial charge in [0.15, 0.2) is 0 Å². The van der Waals surface area contributed by atoms with Crippen LogP contribution in [0.1, 0.15) is 24.1 Å². The zero-order valence-corrected chi connectivity index (χ0v) is 17.4. The summed E-state index contributed by atoms with van der Waals surface area (Å²) in [6, 6.07) is 17.0. The van der Waals surface area contributed by atoms with Crippen molar-refractivity contribution in [1.29, 1.82) is 0 Å². The van der Waals surface area contributed by atoms with E-state index in [1.807, 2.05) is 66.4 Å². The first-order valence-electron chi connectivity index (χ1n) is 9.80. The van der Waals surface area contributed by atoms with Crippen LogP contribution in [0.5, 0.6) is 0 Å². The maximum atomic E-state index is 13.1. The van der Waals surface area contributed by atoms with Crippen LogP contribution in [0, 0.1) is 0 Å². The molecule has 1 amide bonds. The van der Waals surface area contributed by atoms with Crippen LogP contribution in [0.4, 0.5) is 5.69 Å². The molecule has 5 nitrogen and oxygen atoms in total. The van der Waals surface area contributed by atoms with E-state index in [9.17, 15) is 9.59 Å². The number of carbonyl (C=O) groups is 2. The molecule has 1 saturated heterocycles. The van der Waals surface area contributed by atoms with E-state index in [4.69, 9.17) is 4.74 Å². The minimum atomic E-state index is -0.365. The number of hydrogen-bond acceptors (Lipinski definition) is 5. The lowest BCUT2D eigenvalue weighted by Gasteiger charge is -2.33. The highest BCUT2D eigenvalue weighted by Gasteiger charge is 2.28. The molecule has 0 radical (unpaired) electrons. The molecular formula is C23H26N2O3S. The van der Waals surface area contributed by atoms with Crippen molar-refractivity contribution >= 4 is 35.4 Å². The molecule has 0 spiro atoms. The van der Waals surface area contributed by atoms with Crippen molar-refractivity contribution in [3.63, 3.8) is 0 Å². The second-order valence-corrected chi connectivity index (χ2v) is 7.88. The van der Waals surface area contributed by atoms with Gasteiger partial charge in [-0.15, -0.1) is 0 Å². The van der Waals surface area contributed by atoms with E-state index >= 15 is 0 Å². The molecule has 152 valence electrons. The van der Waals surface area contributed by atoms with Crippen LogP contribution in [-0.2, 0) is 14.3 Å². The van der Waals surface area contributed by atoms with Gasteiger partial charge in [0.2, 0.25) is 5.91 Å². The standard InChI is InChI=1S/C23H26N2O3S/c1-2-28-21(26)13-10-18-8-11-20(12-9-18)24-23(27)22(19-6-4-3-5-7-19)25-14-16-29-17-15-25/h3-13,22H,2,14-17H2,1H3,(H,24,27). The Balaban J connectivity index is 1.70. The van der Waals surface area contributed by atoms with Crippen LogP contribution in [0.3, 0.4) is 0 Å². The number of nitrogens with one attached hydrogen (secondary N) is 1. The lowest BCUT2D eigenvalue weighted by atomic mass is 10.0. The third kappa shape index (κ3) is 6.21. The van der Waals surface area contributed by atoms with Gasteiger partial charge >= 0.3 is 5.97 Å². The summed E-state index contributed by atoms with van der Waals surface area (Å²) in [5.74, 6) is 1.68. The molecule has 29 heavy (non-hydrogen) atoms. The van der Waals surface area contributed by atoms with Gasteiger partial charge in [0.25, 0.3) is 0 Å². The third-order valence-electron chi connectivity index (χ3n) is 4.65. The molecule has 1 aliphatic rings. The van der Waals surface area contributed by atoms with Crippen molar-refractivity contribution in [2.24, 2.45) is 0 Å². The summed E-state index contributed by atoms with van der Waals surface area (Å²) in [5.41, 5.74) is 2.60. The highest BCUT2D eigenvalue weighted by atomic mass is 32.2. The number of anilines is 1. The average Bonchev–Trinajstić information content (AvgIpc) is 2.75. The van der Waals surface area contributed by atoms with Crippen LogP contribution in [0.25, 0.3) is 6.08 Å². The summed E-state index contributed by atoms with van der Waals surface area (Å²) in [4.78, 5) is 26.8. The molecule has 0 aromatic heterocycles. The number of esters is 1. The summed E-state index contributed by atoms with van der Waals surface area (Å²) in [6.07, 6.45) is 3.10. The quantitative estimate of drug-likeness (QED) is 0.552. The molecule has 1 unspecified atom stereocenters. The molecule has 1 N–H and O–H groups in total. The van der Waals surface area contributed by atoms with Crippen LogP contribution in [-0.4, -0.2) is 48.0 Å². The third-order valence-corrected chi connectivity index (χ3v) is 5.59. The maximum Gasteiger partial charge on any atom is 0.330 e. The van der Waals surface area contributed by atoms with Crippen LogP contribution >= 0.6 is 11.8 Å². The van der Waals surface area contributed by atoms with Crippen molar-refractivity contribution in [1.82, 2.24) is 4.90 Å². The van der Waals surface area contributed by atoms with Gasteiger partial charge in [-0.2, -0.15) is 11.8 Å². The summed E-state index contributed by atoms with van der Waals surface area (Å²) in [7, 11) is 0. The fourth-order valence-corrected chi connectivity index (χ4v) is 4.17. The number of amides is 1. The molecule has 2 aromatic carbocycles. The van der Waals surface area contributed by atoms with Gasteiger partial charge in [-0.25, -0.2) is 4.79 Å². The van der Waals surface area contributed by atoms with E-state index < -0.39 is 0 Å². The summed E-state index contributed by atoms with van der Waals surface area (Å²) >= 11 is 1.93. The van der Waals surface area contributed by atoms with Gasteiger partial charge in [-0.05, 0) is 36.3 Å². The zero-order chi connectivity index (χ0) is 20.5. The van der Waals surface area contributed by atoms with Crippen LogP contribution in [0.2, 0.25) is 0 Å². The molecule has 3 rings (SSSR count). The summed E-state index contributed by atoms with van der Waals surface area (Å²) < 4.78 is 4.88. The Morgan fingerprint density at radius 1 is 1.10 bits per heavy atom. The normalized spacial score (nSPS) is 15.8. The van der Waals surface area contributed by atoms with Gasteiger partial charge in [0.05, 0.1) is 6.61 Å². The van der Waals surface area contributed by atoms with Crippen molar-refractivity contribution in [3.8, 4) is 0 Å². The van der Waals surface area contributed by atoms with E-state index in [1.165, 1.54) is 6.08 Å². The minimum absolute atomic E-state index is 0.0297. The Morgan fingerprint density at radius 2 is 1.79 bits per heavy atom. The Kier molecular flexibility index (Phi) is 7.90. The lowest BCUT2D eigenvalue weighted by Crippen LogP contribution is -2.41. The molecular weight excluding hydrogens is 384 g/mol. The van der Waals surface area contributed by atoms with Gasteiger partial charge in [0, 0.05) is 36.4 Å². The number of carbonyl (C=O) groups excluding carboxylic acids is 2. The van der Waals surface area contributed by atoms with E-state index in [1.54, 1.807) is 13.0 Å². The lowest BCUT2D eigenvalue weighted by molar-refractivity contribution is -0.137. The first-order valence-corrected chi connectivity index (χ1v) is 11.0. The second kappa shape index (κ2) is 10.8. The van der Waals surface area contributed by atoms with E-state index in [0.717, 1.165) is 41.4 Å². The Hall–Kier alpha value is -2.57. The van der Waals surface area contributed by atoms with E-state index in [0.29, 0.717) is 6.61 Å². The second-order valence-electron chi connectivity index (χ2n) is 6.66. The highest BCUT2D eigenvalue weighted by Crippen LogP contribution is 2.26. The van der Waals surface area contributed by atoms with Crippen molar-refractivity contribution in [3.05, 3.63) is 71.8 Å². The van der Waals surface area contributed by atoms with E-state index in [-0.39, 0.29) is 17.9 Å². The molecule has 1 fully saturated rings. The van der Waals surface area contributed by atoms with Gasteiger partial charge in [-0.1, -0.05) is 42.5 Å². The fraction of sp³-hybridized carbons (Fsp3) is 0.304. The zero-order valence-electron chi connectivity index (χ0n) is 16.5. The van der Waals surface area contributed by atoms with E-state index in [2.05, 4.69) is 10.2 Å². The predicted octanol–water partition coefficient (Wildman–Crippen LogP) is 3.99. The summed E-state index contributed by atoms with van der Waals surface area (Å²) in [6.45, 7) is 3.92. The number of thioether (sulfide) groups is 1. The molecule has 0 aliphatic carbocycles. The minimum Gasteiger partial charge on any atom is -0.463 e. The molecule has 0 bridgehead atoms. The number of benzene rings is 2. The molecule has 1 aliphatic heterocycles. The number of nitrogens with zero attached hydrogens (tertiary/aromatic N) is 1. The Bertz CT molecular complexity index is 831. The van der Waals surface area contributed by atoms with Crippen molar-refractivity contribution < 1.29 is 14.3 Å². The van der Waals surface area contributed by atoms with Crippen molar-refractivity contribution in [2.45, 2.75) is 13.0 Å². The number of rotatable bonds is 7. The molecule has 2 aromatic rings. The smallest absolute Gasteiger partial charge is 0.330 e. The Labute approximate surface area is 176 Å². The molecule has 1 heterocycles. The predicted molar refractivity (Wildman–Crippen MR) is 119 cm³/mol. The SMILES string of the molecule is CCOC(=O)C=Cc1ccc(NC(=O)C(c2ccccc2)N2CCSCC2)cc1. The van der Waals surface area contributed by atoms with Gasteiger partial charge < -0.3 is 10.1 Å². The monoisotopic (exact) mass is 410 g/mol. The summed E-state index contributed by atoms with van der Waals surface area (Å²) in [5, 5.41) is 3.05. The first kappa shape index (κ1) is 21.1. The first-order chi connectivity index (χ1) is 14.2. The molecule has 6 heteroatoms. The highest BCUT2D eigenvalue weighted by molar-refractivity contribution is 7.99.